The number of ether oxygens (including phenoxy) is 1. The van der Waals surface area contributed by atoms with Crippen LogP contribution in [0.5, 0.6) is 5.75 Å². The predicted octanol–water partition coefficient (Wildman–Crippen LogP) is 4.03. The molecule has 1 amide bonds. The molecule has 0 aliphatic heterocycles. The van der Waals surface area contributed by atoms with Crippen LogP contribution in [0.4, 0.5) is 20.2 Å². The summed E-state index contributed by atoms with van der Waals surface area (Å²) in [7, 11) is -2.67. The lowest BCUT2D eigenvalue weighted by Crippen LogP contribution is -2.15. The third-order valence-corrected chi connectivity index (χ3v) is 5.29. The topological polar surface area (TPSA) is 84.5 Å². The first-order valence-electron chi connectivity index (χ1n) is 8.32. The van der Waals surface area contributed by atoms with Crippen LogP contribution in [0.25, 0.3) is 0 Å². The normalized spacial score (nSPS) is 11.0. The Morgan fingerprint density at radius 3 is 2.31 bits per heavy atom. The van der Waals surface area contributed by atoms with Crippen LogP contribution >= 0.6 is 0 Å². The van der Waals surface area contributed by atoms with Crippen LogP contribution in [0, 0.1) is 11.6 Å². The van der Waals surface area contributed by atoms with Gasteiger partial charge in [0.25, 0.3) is 15.9 Å². The van der Waals surface area contributed by atoms with Crippen molar-refractivity contribution in [1.29, 1.82) is 0 Å². The number of hydrogen-bond donors (Lipinski definition) is 2. The SMILES string of the molecule is COc1ccc(NC(=O)c2cccc(F)c2)cc1NS(=O)(=O)c1ccc(F)cc1. The van der Waals surface area contributed by atoms with Gasteiger partial charge in [0, 0.05) is 11.3 Å². The van der Waals surface area contributed by atoms with Gasteiger partial charge >= 0.3 is 0 Å². The number of amides is 1. The summed E-state index contributed by atoms with van der Waals surface area (Å²) in [6, 6.07) is 13.8. The second-order valence-electron chi connectivity index (χ2n) is 5.94. The highest BCUT2D eigenvalue weighted by molar-refractivity contribution is 7.92. The van der Waals surface area contributed by atoms with Gasteiger partial charge in [0.2, 0.25) is 0 Å². The number of benzene rings is 3. The summed E-state index contributed by atoms with van der Waals surface area (Å²) in [5.41, 5.74) is 0.431. The van der Waals surface area contributed by atoms with Crippen molar-refractivity contribution < 1.29 is 26.7 Å². The molecule has 3 aromatic rings. The lowest BCUT2D eigenvalue weighted by molar-refractivity contribution is 0.102. The highest BCUT2D eigenvalue weighted by Gasteiger charge is 2.18. The molecule has 0 heterocycles. The van der Waals surface area contributed by atoms with E-state index < -0.39 is 27.6 Å². The maximum Gasteiger partial charge on any atom is 0.262 e. The summed E-state index contributed by atoms with van der Waals surface area (Å²) in [6.45, 7) is 0. The highest BCUT2D eigenvalue weighted by atomic mass is 32.2. The largest absolute Gasteiger partial charge is 0.495 e. The lowest BCUT2D eigenvalue weighted by Gasteiger charge is -2.14. The number of carbonyl (C=O) groups is 1. The fraction of sp³-hybridized carbons (Fsp3) is 0.0500. The summed E-state index contributed by atoms with van der Waals surface area (Å²) < 4.78 is 59.0. The molecule has 150 valence electrons. The number of methoxy groups -OCH3 is 1. The Balaban J connectivity index is 1.87. The zero-order valence-electron chi connectivity index (χ0n) is 15.1. The highest BCUT2D eigenvalue weighted by Crippen LogP contribution is 2.30. The number of hydrogen-bond acceptors (Lipinski definition) is 4. The van der Waals surface area contributed by atoms with Crippen LogP contribution in [0.3, 0.4) is 0 Å². The van der Waals surface area contributed by atoms with Crippen molar-refractivity contribution in [2.45, 2.75) is 4.90 Å². The van der Waals surface area contributed by atoms with E-state index in [0.717, 1.165) is 30.3 Å². The summed E-state index contributed by atoms with van der Waals surface area (Å²) in [5, 5.41) is 2.56. The molecule has 0 aliphatic rings. The molecular formula is C20H16F2N2O4S. The maximum atomic E-state index is 13.3. The van der Waals surface area contributed by atoms with E-state index >= 15 is 0 Å². The van der Waals surface area contributed by atoms with Crippen LogP contribution in [0.15, 0.2) is 71.6 Å². The number of anilines is 2. The first-order valence-corrected chi connectivity index (χ1v) is 9.80. The minimum absolute atomic E-state index is 0.0638. The smallest absolute Gasteiger partial charge is 0.262 e. The molecule has 3 aromatic carbocycles. The summed E-state index contributed by atoms with van der Waals surface area (Å²) >= 11 is 0. The average Bonchev–Trinajstić information content (AvgIpc) is 2.68. The summed E-state index contributed by atoms with van der Waals surface area (Å²) in [4.78, 5) is 12.1. The van der Waals surface area contributed by atoms with Crippen molar-refractivity contribution >= 4 is 27.3 Å². The Labute approximate surface area is 166 Å². The molecule has 0 aromatic heterocycles. The summed E-state index contributed by atoms with van der Waals surface area (Å²) in [6.07, 6.45) is 0. The van der Waals surface area contributed by atoms with Gasteiger partial charge in [-0.05, 0) is 60.7 Å². The molecule has 0 unspecified atom stereocenters. The molecule has 0 radical (unpaired) electrons. The van der Waals surface area contributed by atoms with E-state index in [2.05, 4.69) is 10.0 Å². The van der Waals surface area contributed by atoms with E-state index in [-0.39, 0.29) is 27.6 Å². The molecule has 0 saturated carbocycles. The minimum Gasteiger partial charge on any atom is -0.495 e. The average molecular weight is 418 g/mol. The van der Waals surface area contributed by atoms with Gasteiger partial charge in [-0.2, -0.15) is 0 Å². The molecule has 0 atom stereocenters. The predicted molar refractivity (Wildman–Crippen MR) is 105 cm³/mol. The maximum absolute atomic E-state index is 13.3. The molecule has 3 rings (SSSR count). The molecule has 0 fully saturated rings. The standard InChI is InChI=1S/C20H16F2N2O4S/c1-28-19-10-7-16(23-20(25)13-3-2-4-15(22)11-13)12-18(19)24-29(26,27)17-8-5-14(21)6-9-17/h2-12,24H,1H3,(H,23,25). The van der Waals surface area contributed by atoms with Crippen LogP contribution in [-0.2, 0) is 10.0 Å². The van der Waals surface area contributed by atoms with Gasteiger partial charge in [-0.15, -0.1) is 0 Å². The molecular weight excluding hydrogens is 402 g/mol. The van der Waals surface area contributed by atoms with Gasteiger partial charge < -0.3 is 10.1 Å². The third kappa shape index (κ3) is 4.88. The lowest BCUT2D eigenvalue weighted by atomic mass is 10.2. The monoisotopic (exact) mass is 418 g/mol. The van der Waals surface area contributed by atoms with Gasteiger partial charge in [-0.3, -0.25) is 9.52 Å². The second-order valence-corrected chi connectivity index (χ2v) is 7.62. The van der Waals surface area contributed by atoms with Crippen molar-refractivity contribution in [3.05, 3.63) is 83.9 Å². The van der Waals surface area contributed by atoms with Crippen molar-refractivity contribution in [2.24, 2.45) is 0 Å². The Bertz CT molecular complexity index is 1150. The van der Waals surface area contributed by atoms with Gasteiger partial charge in [0.1, 0.15) is 17.4 Å². The quantitative estimate of drug-likeness (QED) is 0.633. The Hall–Kier alpha value is -3.46. The van der Waals surface area contributed by atoms with Crippen molar-refractivity contribution in [3.8, 4) is 5.75 Å². The van der Waals surface area contributed by atoms with E-state index in [1.165, 1.54) is 43.5 Å². The van der Waals surface area contributed by atoms with Gasteiger partial charge in [0.05, 0.1) is 17.7 Å². The Kier molecular flexibility index (Phi) is 5.79. The molecule has 0 spiro atoms. The number of halogens is 2. The van der Waals surface area contributed by atoms with Crippen LogP contribution < -0.4 is 14.8 Å². The molecule has 2 N–H and O–H groups in total. The number of carbonyl (C=O) groups excluding carboxylic acids is 1. The van der Waals surface area contributed by atoms with E-state index in [0.29, 0.717) is 0 Å². The molecule has 9 heteroatoms. The minimum atomic E-state index is -4.02. The third-order valence-electron chi connectivity index (χ3n) is 3.91. The first kappa shape index (κ1) is 20.3. The van der Waals surface area contributed by atoms with Crippen LogP contribution in [-0.4, -0.2) is 21.4 Å². The Morgan fingerprint density at radius 2 is 1.66 bits per heavy atom. The van der Waals surface area contributed by atoms with E-state index in [1.807, 2.05) is 0 Å². The van der Waals surface area contributed by atoms with Gasteiger partial charge in [-0.1, -0.05) is 6.07 Å². The van der Waals surface area contributed by atoms with E-state index in [4.69, 9.17) is 4.74 Å². The number of rotatable bonds is 6. The summed E-state index contributed by atoms with van der Waals surface area (Å²) in [5.74, 6) is -1.48. The fourth-order valence-electron chi connectivity index (χ4n) is 2.52. The number of nitrogens with one attached hydrogen (secondary N) is 2. The van der Waals surface area contributed by atoms with Gasteiger partial charge in [-0.25, -0.2) is 17.2 Å². The zero-order valence-corrected chi connectivity index (χ0v) is 16.0. The van der Waals surface area contributed by atoms with E-state index in [9.17, 15) is 22.0 Å². The van der Waals surface area contributed by atoms with Crippen molar-refractivity contribution in [1.82, 2.24) is 0 Å². The van der Waals surface area contributed by atoms with Crippen molar-refractivity contribution in [2.75, 3.05) is 17.1 Å². The molecule has 0 saturated heterocycles. The molecule has 6 nitrogen and oxygen atoms in total. The molecule has 0 aliphatic carbocycles. The number of sulfonamides is 1. The van der Waals surface area contributed by atoms with Crippen LogP contribution in [0.2, 0.25) is 0 Å². The second kappa shape index (κ2) is 8.27. The van der Waals surface area contributed by atoms with Gasteiger partial charge in [0.15, 0.2) is 0 Å². The fourth-order valence-corrected chi connectivity index (χ4v) is 3.58. The Morgan fingerprint density at radius 1 is 0.931 bits per heavy atom. The molecule has 0 bridgehead atoms. The first-order chi connectivity index (χ1) is 13.8. The zero-order chi connectivity index (χ0) is 21.0. The van der Waals surface area contributed by atoms with E-state index in [1.54, 1.807) is 0 Å². The molecule has 29 heavy (non-hydrogen) atoms. The van der Waals surface area contributed by atoms with Crippen molar-refractivity contribution in [3.63, 3.8) is 0 Å². The van der Waals surface area contributed by atoms with Crippen LogP contribution in [0.1, 0.15) is 10.4 Å².